The maximum Gasteiger partial charge on any atom is 0.238 e. The molecule has 0 radical (unpaired) electrons. The Bertz CT molecular complexity index is 1130. The Kier molecular flexibility index (Phi) is 8.74. The van der Waals surface area contributed by atoms with E-state index in [4.69, 9.17) is 4.74 Å². The highest BCUT2D eigenvalue weighted by molar-refractivity contribution is 5.92. The summed E-state index contributed by atoms with van der Waals surface area (Å²) in [6.07, 6.45) is 1.52. The summed E-state index contributed by atoms with van der Waals surface area (Å²) in [5.74, 6) is 0.859. The van der Waals surface area contributed by atoms with Crippen LogP contribution in [-0.4, -0.2) is 36.3 Å². The minimum Gasteiger partial charge on any atom is -0.489 e. The van der Waals surface area contributed by atoms with Gasteiger partial charge in [0.15, 0.2) is 0 Å². The maximum absolute atomic E-state index is 12.7. The van der Waals surface area contributed by atoms with Crippen molar-refractivity contribution in [1.29, 1.82) is 0 Å². The number of rotatable bonds is 9. The Labute approximate surface area is 213 Å². The average molecular weight is 486 g/mol. The number of ether oxygens (including phenoxy) is 1. The lowest BCUT2D eigenvalue weighted by Crippen LogP contribution is -2.43. The molecule has 36 heavy (non-hydrogen) atoms. The van der Waals surface area contributed by atoms with Crippen LogP contribution in [0.15, 0.2) is 72.8 Å². The van der Waals surface area contributed by atoms with E-state index in [9.17, 15) is 9.59 Å². The number of nitrogens with one attached hydrogen (secondary N) is 2. The molecule has 1 aliphatic heterocycles. The molecule has 0 saturated carbocycles. The van der Waals surface area contributed by atoms with Crippen LogP contribution in [0.25, 0.3) is 0 Å². The Morgan fingerprint density at radius 1 is 0.889 bits per heavy atom. The van der Waals surface area contributed by atoms with Crippen molar-refractivity contribution in [3.8, 4) is 5.75 Å². The molecule has 1 saturated heterocycles. The number of hydrogen-bond acceptors (Lipinski definition) is 4. The zero-order valence-electron chi connectivity index (χ0n) is 21.1. The summed E-state index contributed by atoms with van der Waals surface area (Å²) in [6, 6.07) is 23.9. The van der Waals surface area contributed by atoms with E-state index in [1.54, 1.807) is 0 Å². The van der Waals surface area contributed by atoms with Crippen LogP contribution in [-0.2, 0) is 22.7 Å². The predicted molar refractivity (Wildman–Crippen MR) is 143 cm³/mol. The largest absolute Gasteiger partial charge is 0.489 e. The normalized spacial score (nSPS) is 14.3. The highest BCUT2D eigenvalue weighted by Gasteiger charge is 2.25. The van der Waals surface area contributed by atoms with Crippen molar-refractivity contribution in [3.63, 3.8) is 0 Å². The molecule has 2 N–H and O–H groups in total. The lowest BCUT2D eigenvalue weighted by atomic mass is 9.96. The first-order valence-corrected chi connectivity index (χ1v) is 12.6. The van der Waals surface area contributed by atoms with Gasteiger partial charge in [0.25, 0.3) is 0 Å². The number of hydrogen-bond donors (Lipinski definition) is 2. The summed E-state index contributed by atoms with van der Waals surface area (Å²) in [5, 5.41) is 6.06. The summed E-state index contributed by atoms with van der Waals surface area (Å²) >= 11 is 0. The van der Waals surface area contributed by atoms with Gasteiger partial charge in [-0.1, -0.05) is 48.5 Å². The number of carbonyl (C=O) groups excluding carboxylic acids is 2. The van der Waals surface area contributed by atoms with E-state index in [1.807, 2.05) is 80.6 Å². The molecule has 0 spiro atoms. The van der Waals surface area contributed by atoms with Crippen LogP contribution in [0, 0.1) is 19.8 Å². The van der Waals surface area contributed by atoms with Crippen LogP contribution in [0.2, 0.25) is 0 Å². The highest BCUT2D eigenvalue weighted by atomic mass is 16.5. The van der Waals surface area contributed by atoms with Gasteiger partial charge in [-0.2, -0.15) is 0 Å². The van der Waals surface area contributed by atoms with Gasteiger partial charge in [0, 0.05) is 18.2 Å². The third-order valence-electron chi connectivity index (χ3n) is 6.47. The van der Waals surface area contributed by atoms with Crippen LogP contribution < -0.4 is 15.4 Å². The van der Waals surface area contributed by atoms with Gasteiger partial charge >= 0.3 is 0 Å². The molecule has 0 unspecified atom stereocenters. The van der Waals surface area contributed by atoms with E-state index >= 15 is 0 Å². The smallest absolute Gasteiger partial charge is 0.238 e. The summed E-state index contributed by atoms with van der Waals surface area (Å²) < 4.78 is 5.83. The summed E-state index contributed by atoms with van der Waals surface area (Å²) in [7, 11) is 0. The van der Waals surface area contributed by atoms with E-state index in [2.05, 4.69) is 21.6 Å². The quantitative estimate of drug-likeness (QED) is 0.455. The Morgan fingerprint density at radius 3 is 2.22 bits per heavy atom. The van der Waals surface area contributed by atoms with Crippen molar-refractivity contribution >= 4 is 17.5 Å². The monoisotopic (exact) mass is 485 g/mol. The molecule has 3 aromatic rings. The topological polar surface area (TPSA) is 70.7 Å². The molecular formula is C30H35N3O3. The second kappa shape index (κ2) is 12.4. The number of benzene rings is 3. The fraction of sp³-hybridized carbons (Fsp3) is 0.333. The van der Waals surface area contributed by atoms with Crippen molar-refractivity contribution in [2.75, 3.05) is 25.0 Å². The van der Waals surface area contributed by atoms with Gasteiger partial charge in [0.05, 0.1) is 6.54 Å². The van der Waals surface area contributed by atoms with Crippen LogP contribution >= 0.6 is 0 Å². The van der Waals surface area contributed by atoms with Crippen LogP contribution in [0.5, 0.6) is 5.75 Å². The van der Waals surface area contributed by atoms with Crippen LogP contribution in [0.3, 0.4) is 0 Å². The first kappa shape index (κ1) is 25.5. The molecule has 2 amide bonds. The third-order valence-corrected chi connectivity index (χ3v) is 6.47. The van der Waals surface area contributed by atoms with E-state index in [-0.39, 0.29) is 17.7 Å². The Balaban J connectivity index is 1.15. The number of anilines is 1. The third kappa shape index (κ3) is 7.68. The zero-order valence-corrected chi connectivity index (χ0v) is 21.1. The molecule has 3 aromatic carbocycles. The second-order valence-electron chi connectivity index (χ2n) is 9.61. The first-order chi connectivity index (χ1) is 17.4. The number of likely N-dealkylation sites (tertiary alicyclic amines) is 1. The zero-order chi connectivity index (χ0) is 25.3. The minimum atomic E-state index is -0.0165. The number of amides is 2. The van der Waals surface area contributed by atoms with Crippen molar-refractivity contribution in [3.05, 3.63) is 95.1 Å². The van der Waals surface area contributed by atoms with Crippen molar-refractivity contribution in [2.45, 2.75) is 39.8 Å². The van der Waals surface area contributed by atoms with Gasteiger partial charge in [-0.05, 0) is 86.3 Å². The molecule has 1 aliphatic rings. The van der Waals surface area contributed by atoms with E-state index in [0.29, 0.717) is 19.7 Å². The van der Waals surface area contributed by atoms with Crippen molar-refractivity contribution < 1.29 is 14.3 Å². The summed E-state index contributed by atoms with van der Waals surface area (Å²) in [4.78, 5) is 27.3. The molecule has 188 valence electrons. The highest BCUT2D eigenvalue weighted by Crippen LogP contribution is 2.19. The summed E-state index contributed by atoms with van der Waals surface area (Å²) in [5.41, 5.74) is 5.26. The van der Waals surface area contributed by atoms with Gasteiger partial charge in [0.1, 0.15) is 12.4 Å². The van der Waals surface area contributed by atoms with E-state index in [1.165, 1.54) is 0 Å². The number of aryl methyl sites for hydroxylation is 2. The fourth-order valence-electron chi connectivity index (χ4n) is 4.58. The van der Waals surface area contributed by atoms with Gasteiger partial charge in [0.2, 0.25) is 11.8 Å². The Hall–Kier alpha value is -3.64. The fourth-order valence-corrected chi connectivity index (χ4v) is 4.58. The molecule has 6 nitrogen and oxygen atoms in total. The molecule has 0 atom stereocenters. The molecule has 1 fully saturated rings. The molecule has 0 aliphatic carbocycles. The molecule has 4 rings (SSSR count). The lowest BCUT2D eigenvalue weighted by Gasteiger charge is -2.30. The van der Waals surface area contributed by atoms with E-state index in [0.717, 1.165) is 59.6 Å². The van der Waals surface area contributed by atoms with Gasteiger partial charge in [-0.25, -0.2) is 0 Å². The van der Waals surface area contributed by atoms with Crippen LogP contribution in [0.4, 0.5) is 5.69 Å². The number of carbonyl (C=O) groups is 2. The molecule has 0 bridgehead atoms. The molecule has 0 aromatic heterocycles. The van der Waals surface area contributed by atoms with Crippen LogP contribution in [0.1, 0.15) is 35.1 Å². The molecule has 6 heteroatoms. The van der Waals surface area contributed by atoms with Gasteiger partial charge in [-0.3, -0.25) is 14.5 Å². The SMILES string of the molecule is Cc1cc(C)cc(NC(=O)CN2CCC(C(=O)NCc3ccc(OCc4ccccc4)cc3)CC2)c1. The minimum absolute atomic E-state index is 0.0147. The van der Waals surface area contributed by atoms with Gasteiger partial charge in [-0.15, -0.1) is 0 Å². The molecular weight excluding hydrogens is 450 g/mol. The first-order valence-electron chi connectivity index (χ1n) is 12.6. The number of piperidine rings is 1. The van der Waals surface area contributed by atoms with Crippen molar-refractivity contribution in [2.24, 2.45) is 5.92 Å². The molecule has 1 heterocycles. The van der Waals surface area contributed by atoms with Gasteiger partial charge < -0.3 is 15.4 Å². The van der Waals surface area contributed by atoms with Crippen molar-refractivity contribution in [1.82, 2.24) is 10.2 Å². The lowest BCUT2D eigenvalue weighted by molar-refractivity contribution is -0.126. The summed E-state index contributed by atoms with van der Waals surface area (Å²) in [6.45, 7) is 6.90. The number of nitrogens with zero attached hydrogens (tertiary/aromatic N) is 1. The maximum atomic E-state index is 12.7. The second-order valence-corrected chi connectivity index (χ2v) is 9.61. The van der Waals surface area contributed by atoms with E-state index < -0.39 is 0 Å². The Morgan fingerprint density at radius 2 is 1.56 bits per heavy atom. The standard InChI is InChI=1S/C30H35N3O3/c1-22-16-23(2)18-27(17-22)32-29(34)20-33-14-12-26(13-15-33)30(35)31-19-24-8-10-28(11-9-24)36-21-25-6-4-3-5-7-25/h3-11,16-18,26H,12-15,19-21H2,1-2H3,(H,31,35)(H,32,34). The average Bonchev–Trinajstić information content (AvgIpc) is 2.87. The predicted octanol–water partition coefficient (Wildman–Crippen LogP) is 4.85.